The fourth-order valence-corrected chi connectivity index (χ4v) is 2.85. The van der Waals surface area contributed by atoms with Crippen molar-refractivity contribution in [1.82, 2.24) is 29.4 Å². The lowest BCUT2D eigenvalue weighted by Crippen LogP contribution is -2.10. The summed E-state index contributed by atoms with van der Waals surface area (Å²) in [6, 6.07) is 12.4. The summed E-state index contributed by atoms with van der Waals surface area (Å²) < 4.78 is 3.80. The van der Waals surface area contributed by atoms with Gasteiger partial charge >= 0.3 is 0 Å². The molecule has 3 aromatic heterocycles. The highest BCUT2D eigenvalue weighted by Crippen LogP contribution is 2.20. The molecule has 1 unspecified atom stereocenters. The SMILES string of the molecule is Cc1nccn1-c1ccc(C(C)Nc2ccc3nnc(C)n3n2)cc1. The quantitative estimate of drug-likeness (QED) is 0.621. The van der Waals surface area contributed by atoms with E-state index < -0.39 is 0 Å². The molecule has 0 saturated carbocycles. The first-order valence-corrected chi connectivity index (χ1v) is 8.18. The van der Waals surface area contributed by atoms with E-state index in [-0.39, 0.29) is 6.04 Å². The molecular formula is C18H19N7. The van der Waals surface area contributed by atoms with Crippen LogP contribution in [0.25, 0.3) is 11.3 Å². The number of aromatic nitrogens is 6. The molecule has 1 atom stereocenters. The summed E-state index contributed by atoms with van der Waals surface area (Å²) in [5.74, 6) is 2.53. The Kier molecular flexibility index (Phi) is 3.68. The highest BCUT2D eigenvalue weighted by atomic mass is 15.4. The van der Waals surface area contributed by atoms with Gasteiger partial charge in [-0.3, -0.25) is 0 Å². The van der Waals surface area contributed by atoms with E-state index in [0.29, 0.717) is 0 Å². The van der Waals surface area contributed by atoms with Crippen molar-refractivity contribution in [2.45, 2.75) is 26.8 Å². The molecule has 0 amide bonds. The van der Waals surface area contributed by atoms with Crippen molar-refractivity contribution in [2.75, 3.05) is 5.32 Å². The van der Waals surface area contributed by atoms with E-state index >= 15 is 0 Å². The fraction of sp³-hybridized carbons (Fsp3) is 0.222. The highest BCUT2D eigenvalue weighted by Gasteiger charge is 2.09. The third-order valence-corrected chi connectivity index (χ3v) is 4.28. The van der Waals surface area contributed by atoms with E-state index in [4.69, 9.17) is 0 Å². The predicted molar refractivity (Wildman–Crippen MR) is 95.9 cm³/mol. The Hall–Kier alpha value is -3.22. The van der Waals surface area contributed by atoms with Crippen LogP contribution in [0.4, 0.5) is 5.82 Å². The molecule has 0 aliphatic heterocycles. The normalized spacial score (nSPS) is 12.4. The Labute approximate surface area is 145 Å². The highest BCUT2D eigenvalue weighted by molar-refractivity contribution is 5.46. The van der Waals surface area contributed by atoms with Gasteiger partial charge in [0, 0.05) is 24.1 Å². The molecule has 7 heteroatoms. The molecule has 0 aliphatic rings. The average Bonchev–Trinajstić information content (AvgIpc) is 3.21. The van der Waals surface area contributed by atoms with E-state index in [1.165, 1.54) is 5.56 Å². The molecule has 3 heterocycles. The maximum atomic E-state index is 4.54. The number of nitrogens with one attached hydrogen (secondary N) is 1. The van der Waals surface area contributed by atoms with Crippen LogP contribution in [0.2, 0.25) is 0 Å². The molecule has 7 nitrogen and oxygen atoms in total. The Morgan fingerprint density at radius 2 is 1.76 bits per heavy atom. The maximum absolute atomic E-state index is 4.54. The van der Waals surface area contributed by atoms with E-state index in [1.807, 2.05) is 38.4 Å². The molecule has 0 radical (unpaired) electrons. The van der Waals surface area contributed by atoms with Crippen LogP contribution in [0.3, 0.4) is 0 Å². The number of nitrogens with zero attached hydrogens (tertiary/aromatic N) is 6. The van der Waals surface area contributed by atoms with Gasteiger partial charge in [0.2, 0.25) is 0 Å². The van der Waals surface area contributed by atoms with E-state index in [0.717, 1.165) is 28.8 Å². The number of fused-ring (bicyclic) bond motifs is 1. The Morgan fingerprint density at radius 3 is 2.48 bits per heavy atom. The zero-order valence-electron chi connectivity index (χ0n) is 14.4. The van der Waals surface area contributed by atoms with Gasteiger partial charge in [0.25, 0.3) is 0 Å². The van der Waals surface area contributed by atoms with Crippen molar-refractivity contribution in [3.8, 4) is 5.69 Å². The molecular weight excluding hydrogens is 314 g/mol. The summed E-state index contributed by atoms with van der Waals surface area (Å²) in [4.78, 5) is 4.26. The van der Waals surface area contributed by atoms with E-state index in [2.05, 4.69) is 61.4 Å². The lowest BCUT2D eigenvalue weighted by molar-refractivity contribution is 0.828. The molecule has 0 bridgehead atoms. The maximum Gasteiger partial charge on any atom is 0.178 e. The second kappa shape index (κ2) is 6.01. The summed E-state index contributed by atoms with van der Waals surface area (Å²) >= 11 is 0. The summed E-state index contributed by atoms with van der Waals surface area (Å²) in [5.41, 5.74) is 3.03. The molecule has 4 rings (SSSR count). The van der Waals surface area contributed by atoms with Gasteiger partial charge in [0.1, 0.15) is 11.6 Å². The van der Waals surface area contributed by atoms with Crippen molar-refractivity contribution in [3.05, 3.63) is 66.0 Å². The molecule has 25 heavy (non-hydrogen) atoms. The molecule has 126 valence electrons. The predicted octanol–water partition coefficient (Wildman–Crippen LogP) is 3.10. The zero-order chi connectivity index (χ0) is 17.4. The van der Waals surface area contributed by atoms with Crippen LogP contribution >= 0.6 is 0 Å². The Balaban J connectivity index is 1.54. The second-order valence-corrected chi connectivity index (χ2v) is 6.04. The minimum atomic E-state index is 0.125. The van der Waals surface area contributed by atoms with Crippen molar-refractivity contribution in [2.24, 2.45) is 0 Å². The van der Waals surface area contributed by atoms with Gasteiger partial charge in [-0.25, -0.2) is 4.98 Å². The molecule has 4 aromatic rings. The number of hydrogen-bond acceptors (Lipinski definition) is 5. The van der Waals surface area contributed by atoms with Crippen molar-refractivity contribution in [1.29, 1.82) is 0 Å². The summed E-state index contributed by atoms with van der Waals surface area (Å²) in [7, 11) is 0. The minimum absolute atomic E-state index is 0.125. The number of benzene rings is 1. The van der Waals surface area contributed by atoms with E-state index in [9.17, 15) is 0 Å². The largest absolute Gasteiger partial charge is 0.362 e. The first-order chi connectivity index (χ1) is 12.1. The third-order valence-electron chi connectivity index (χ3n) is 4.28. The monoisotopic (exact) mass is 333 g/mol. The molecule has 0 saturated heterocycles. The van der Waals surface area contributed by atoms with Crippen LogP contribution in [0.5, 0.6) is 0 Å². The number of hydrogen-bond donors (Lipinski definition) is 1. The van der Waals surface area contributed by atoms with Gasteiger partial charge in [-0.05, 0) is 50.6 Å². The number of imidazole rings is 1. The Morgan fingerprint density at radius 1 is 0.960 bits per heavy atom. The van der Waals surface area contributed by atoms with Gasteiger partial charge in [0.15, 0.2) is 11.5 Å². The summed E-state index contributed by atoms with van der Waals surface area (Å²) in [5, 5.41) is 16.0. The van der Waals surface area contributed by atoms with Crippen molar-refractivity contribution >= 4 is 11.5 Å². The molecule has 1 N–H and O–H groups in total. The molecule has 0 fully saturated rings. The van der Waals surface area contributed by atoms with Gasteiger partial charge in [-0.1, -0.05) is 12.1 Å². The van der Waals surface area contributed by atoms with Gasteiger partial charge in [-0.15, -0.1) is 15.3 Å². The average molecular weight is 333 g/mol. The smallest absolute Gasteiger partial charge is 0.178 e. The van der Waals surface area contributed by atoms with Gasteiger partial charge in [0.05, 0.1) is 0 Å². The van der Waals surface area contributed by atoms with Crippen molar-refractivity contribution < 1.29 is 0 Å². The van der Waals surface area contributed by atoms with Gasteiger partial charge in [-0.2, -0.15) is 4.52 Å². The molecule has 0 aliphatic carbocycles. The fourth-order valence-electron chi connectivity index (χ4n) is 2.85. The Bertz CT molecular complexity index is 1010. The van der Waals surface area contributed by atoms with Crippen LogP contribution in [-0.2, 0) is 0 Å². The zero-order valence-corrected chi connectivity index (χ0v) is 14.4. The van der Waals surface area contributed by atoms with Gasteiger partial charge < -0.3 is 9.88 Å². The van der Waals surface area contributed by atoms with Crippen molar-refractivity contribution in [3.63, 3.8) is 0 Å². The first-order valence-electron chi connectivity index (χ1n) is 8.18. The second-order valence-electron chi connectivity index (χ2n) is 6.04. The van der Waals surface area contributed by atoms with Crippen LogP contribution in [-0.4, -0.2) is 29.4 Å². The molecule has 0 spiro atoms. The van der Waals surface area contributed by atoms with E-state index in [1.54, 1.807) is 4.52 Å². The molecule has 1 aromatic carbocycles. The third kappa shape index (κ3) is 2.84. The number of rotatable bonds is 4. The summed E-state index contributed by atoms with van der Waals surface area (Å²) in [6.45, 7) is 5.99. The minimum Gasteiger partial charge on any atom is -0.362 e. The van der Waals surface area contributed by atoms with Crippen LogP contribution in [0.1, 0.15) is 30.2 Å². The van der Waals surface area contributed by atoms with Crippen LogP contribution < -0.4 is 5.32 Å². The lowest BCUT2D eigenvalue weighted by atomic mass is 10.1. The topological polar surface area (TPSA) is 72.9 Å². The van der Waals surface area contributed by atoms with Crippen LogP contribution in [0.15, 0.2) is 48.8 Å². The lowest BCUT2D eigenvalue weighted by Gasteiger charge is -2.16. The number of aryl methyl sites for hydroxylation is 2. The number of anilines is 1. The van der Waals surface area contributed by atoms with Crippen LogP contribution in [0, 0.1) is 13.8 Å². The standard InChI is InChI=1S/C18H19N7/c1-12(20-17-8-9-18-22-21-14(3)25(18)23-17)15-4-6-16(7-5-15)24-11-10-19-13(24)2/h4-12H,1-3H3,(H,20,23). The summed E-state index contributed by atoms with van der Waals surface area (Å²) in [6.07, 6.45) is 3.77. The first kappa shape index (κ1) is 15.3.